The maximum atomic E-state index is 12.7. The van der Waals surface area contributed by atoms with Crippen LogP contribution >= 0.6 is 0 Å². The monoisotopic (exact) mass is 304 g/mol. The summed E-state index contributed by atoms with van der Waals surface area (Å²) in [6.45, 7) is 10.3. The molecule has 0 saturated carbocycles. The Morgan fingerprint density at radius 1 is 1.50 bits per heavy atom. The van der Waals surface area contributed by atoms with Crippen LogP contribution in [0.3, 0.4) is 0 Å². The minimum absolute atomic E-state index is 0.208. The Morgan fingerprint density at radius 2 is 2.27 bits per heavy atom. The van der Waals surface area contributed by atoms with Crippen LogP contribution in [-0.2, 0) is 6.54 Å². The smallest absolute Gasteiger partial charge is 0.178 e. The molecule has 0 aromatic carbocycles. The molecule has 1 unspecified atom stereocenters. The zero-order valence-corrected chi connectivity index (χ0v) is 13.8. The van der Waals surface area contributed by atoms with Gasteiger partial charge in [-0.05, 0) is 52.1 Å². The number of aryl methyl sites for hydroxylation is 1. The first-order valence-electron chi connectivity index (χ1n) is 8.24. The quantitative estimate of drug-likeness (QED) is 0.593. The molecule has 4 heteroatoms. The van der Waals surface area contributed by atoms with Crippen molar-refractivity contribution < 1.29 is 9.90 Å². The first-order chi connectivity index (χ1) is 10.6. The number of likely N-dealkylation sites (tertiary alicyclic amines) is 1. The van der Waals surface area contributed by atoms with Gasteiger partial charge in [0.05, 0.1) is 6.54 Å². The van der Waals surface area contributed by atoms with E-state index in [1.807, 2.05) is 26.0 Å². The highest BCUT2D eigenvalue weighted by atomic mass is 16.2. The van der Waals surface area contributed by atoms with Gasteiger partial charge in [0.25, 0.3) is 0 Å². The van der Waals surface area contributed by atoms with E-state index < -0.39 is 0 Å². The molecule has 0 bridgehead atoms. The van der Waals surface area contributed by atoms with Crippen molar-refractivity contribution in [2.75, 3.05) is 19.7 Å². The normalized spacial score (nSPS) is 18.8. The molecule has 0 radical (unpaired) electrons. The number of nitrogens with zero attached hydrogens (tertiary/aromatic N) is 2. The highest BCUT2D eigenvalue weighted by Crippen LogP contribution is 2.23. The van der Waals surface area contributed by atoms with Gasteiger partial charge < -0.3 is 9.67 Å². The summed E-state index contributed by atoms with van der Waals surface area (Å²) >= 11 is 0. The van der Waals surface area contributed by atoms with Gasteiger partial charge in [0.2, 0.25) is 0 Å². The third-order valence-electron chi connectivity index (χ3n) is 4.73. The molecule has 1 aliphatic heterocycles. The number of Topliss-reactive ketones (excluding diaryl/α,β-unsaturated/α-hetero) is 1. The fraction of sp³-hybridized carbons (Fsp3) is 0.611. The van der Waals surface area contributed by atoms with Gasteiger partial charge in [0.1, 0.15) is 0 Å². The van der Waals surface area contributed by atoms with Crippen molar-refractivity contribution in [3.63, 3.8) is 0 Å². The van der Waals surface area contributed by atoms with Crippen LogP contribution in [0.4, 0.5) is 0 Å². The lowest BCUT2D eigenvalue weighted by Gasteiger charge is -2.23. The lowest BCUT2D eigenvalue weighted by atomic mass is 10.1. The Bertz CT molecular complexity index is 533. The number of aliphatic hydroxyl groups excluding tert-OH is 1. The first kappa shape index (κ1) is 17.0. The first-order valence-corrected chi connectivity index (χ1v) is 8.24. The Labute approximate surface area is 133 Å². The lowest BCUT2D eigenvalue weighted by Crippen LogP contribution is -2.34. The molecule has 1 saturated heterocycles. The van der Waals surface area contributed by atoms with Gasteiger partial charge in [-0.1, -0.05) is 6.08 Å². The summed E-state index contributed by atoms with van der Waals surface area (Å²) in [6.07, 6.45) is 5.96. The molecule has 1 aromatic rings. The fourth-order valence-electron chi connectivity index (χ4n) is 3.52. The minimum atomic E-state index is 0.208. The van der Waals surface area contributed by atoms with Crippen LogP contribution in [0.25, 0.3) is 0 Å². The second kappa shape index (κ2) is 7.75. The molecular formula is C18H28N2O2. The van der Waals surface area contributed by atoms with Crippen LogP contribution in [0.2, 0.25) is 0 Å². The Balaban J connectivity index is 2.05. The van der Waals surface area contributed by atoms with Crippen molar-refractivity contribution in [3.05, 3.63) is 35.7 Å². The van der Waals surface area contributed by atoms with Gasteiger partial charge in [-0.3, -0.25) is 9.69 Å². The SMILES string of the molecule is C=CCn1c(C)cc(C(=O)CN2CCCC2CCCO)c1C. The predicted molar refractivity (Wildman–Crippen MR) is 89.3 cm³/mol. The summed E-state index contributed by atoms with van der Waals surface area (Å²) < 4.78 is 2.13. The highest BCUT2D eigenvalue weighted by molar-refractivity contribution is 5.99. The number of ketones is 1. The molecule has 1 N–H and O–H groups in total. The fourth-order valence-corrected chi connectivity index (χ4v) is 3.52. The average molecular weight is 304 g/mol. The highest BCUT2D eigenvalue weighted by Gasteiger charge is 2.27. The summed E-state index contributed by atoms with van der Waals surface area (Å²) in [5.41, 5.74) is 2.99. The lowest BCUT2D eigenvalue weighted by molar-refractivity contribution is 0.0915. The molecule has 0 amide bonds. The maximum absolute atomic E-state index is 12.7. The minimum Gasteiger partial charge on any atom is -0.396 e. The molecule has 1 aromatic heterocycles. The Morgan fingerprint density at radius 3 is 2.95 bits per heavy atom. The standard InChI is InChI=1S/C18H28N2O2/c1-4-9-20-14(2)12-17(15(20)3)18(22)13-19-10-5-7-16(19)8-6-11-21/h4,12,16,21H,1,5-11,13H2,2-3H3. The van der Waals surface area contributed by atoms with Crippen LogP contribution in [0.15, 0.2) is 18.7 Å². The molecule has 122 valence electrons. The van der Waals surface area contributed by atoms with E-state index in [2.05, 4.69) is 16.0 Å². The summed E-state index contributed by atoms with van der Waals surface area (Å²) in [4.78, 5) is 15.0. The van der Waals surface area contributed by atoms with Gasteiger partial charge in [-0.2, -0.15) is 0 Å². The van der Waals surface area contributed by atoms with Gasteiger partial charge >= 0.3 is 0 Å². The predicted octanol–water partition coefficient (Wildman–Crippen LogP) is 2.71. The number of allylic oxidation sites excluding steroid dienone is 1. The molecule has 22 heavy (non-hydrogen) atoms. The maximum Gasteiger partial charge on any atom is 0.178 e. The summed E-state index contributed by atoms with van der Waals surface area (Å²) in [6, 6.07) is 2.45. The van der Waals surface area contributed by atoms with Crippen LogP contribution in [0.1, 0.15) is 47.4 Å². The van der Waals surface area contributed by atoms with Gasteiger partial charge in [0, 0.05) is 36.1 Å². The number of aromatic nitrogens is 1. The van der Waals surface area contributed by atoms with Crippen molar-refractivity contribution in [3.8, 4) is 0 Å². The van der Waals surface area contributed by atoms with E-state index in [9.17, 15) is 4.79 Å². The van der Waals surface area contributed by atoms with E-state index in [0.29, 0.717) is 12.6 Å². The van der Waals surface area contributed by atoms with Crippen molar-refractivity contribution in [1.29, 1.82) is 0 Å². The van der Waals surface area contributed by atoms with Gasteiger partial charge in [0.15, 0.2) is 5.78 Å². The van der Waals surface area contributed by atoms with Crippen LogP contribution in [-0.4, -0.2) is 46.1 Å². The molecule has 0 spiro atoms. The van der Waals surface area contributed by atoms with Gasteiger partial charge in [-0.25, -0.2) is 0 Å². The average Bonchev–Trinajstić information content (AvgIpc) is 3.04. The third-order valence-corrected chi connectivity index (χ3v) is 4.73. The Kier molecular flexibility index (Phi) is 5.98. The number of carbonyl (C=O) groups excluding carboxylic acids is 1. The number of aliphatic hydroxyl groups is 1. The zero-order chi connectivity index (χ0) is 16.1. The van der Waals surface area contributed by atoms with Crippen LogP contribution in [0.5, 0.6) is 0 Å². The van der Waals surface area contributed by atoms with E-state index in [0.717, 1.165) is 55.7 Å². The number of hydrogen-bond donors (Lipinski definition) is 1. The van der Waals surface area contributed by atoms with Crippen molar-refractivity contribution in [2.24, 2.45) is 0 Å². The second-order valence-corrected chi connectivity index (χ2v) is 6.24. The van der Waals surface area contributed by atoms with E-state index in [1.165, 1.54) is 0 Å². The van der Waals surface area contributed by atoms with E-state index >= 15 is 0 Å². The van der Waals surface area contributed by atoms with E-state index in [4.69, 9.17) is 5.11 Å². The number of carbonyl (C=O) groups is 1. The van der Waals surface area contributed by atoms with E-state index in [1.54, 1.807) is 0 Å². The summed E-state index contributed by atoms with van der Waals surface area (Å²) in [5, 5.41) is 9.00. The third kappa shape index (κ3) is 3.68. The molecule has 2 heterocycles. The molecular weight excluding hydrogens is 276 g/mol. The van der Waals surface area contributed by atoms with Crippen LogP contribution < -0.4 is 0 Å². The van der Waals surface area contributed by atoms with Crippen molar-refractivity contribution in [1.82, 2.24) is 9.47 Å². The Hall–Kier alpha value is -1.39. The molecule has 0 aliphatic carbocycles. The zero-order valence-electron chi connectivity index (χ0n) is 13.8. The topological polar surface area (TPSA) is 45.5 Å². The summed E-state index contributed by atoms with van der Waals surface area (Å²) in [5.74, 6) is 0.208. The van der Waals surface area contributed by atoms with Gasteiger partial charge in [-0.15, -0.1) is 6.58 Å². The van der Waals surface area contributed by atoms with Crippen LogP contribution in [0, 0.1) is 13.8 Å². The number of hydrogen-bond acceptors (Lipinski definition) is 3. The van der Waals surface area contributed by atoms with Crippen molar-refractivity contribution in [2.45, 2.75) is 52.1 Å². The van der Waals surface area contributed by atoms with Crippen molar-refractivity contribution >= 4 is 5.78 Å². The molecule has 1 fully saturated rings. The second-order valence-electron chi connectivity index (χ2n) is 6.24. The largest absolute Gasteiger partial charge is 0.396 e. The summed E-state index contributed by atoms with van der Waals surface area (Å²) in [7, 11) is 0. The molecule has 1 atom stereocenters. The van der Waals surface area contributed by atoms with E-state index in [-0.39, 0.29) is 12.4 Å². The molecule has 1 aliphatic rings. The molecule has 4 nitrogen and oxygen atoms in total. The number of rotatable bonds is 8. The molecule has 2 rings (SSSR count).